The number of rotatable bonds is 4. The van der Waals surface area contributed by atoms with Crippen molar-refractivity contribution >= 4 is 18.0 Å². The van der Waals surface area contributed by atoms with Crippen molar-refractivity contribution in [2.45, 2.75) is 11.7 Å². The number of hydrogen-bond acceptors (Lipinski definition) is 2. The van der Waals surface area contributed by atoms with Gasteiger partial charge in [0.15, 0.2) is 0 Å². The molecule has 0 aliphatic carbocycles. The summed E-state index contributed by atoms with van der Waals surface area (Å²) in [6.07, 6.45) is 4.73. The molecule has 0 saturated heterocycles. The molecule has 63 valence electrons. The van der Waals surface area contributed by atoms with Crippen LogP contribution in [0.15, 0.2) is 30.3 Å². The Bertz CT molecular complexity index is 233. The van der Waals surface area contributed by atoms with Gasteiger partial charge in [0.05, 0.1) is 5.25 Å². The van der Waals surface area contributed by atoms with Gasteiger partial charge in [-0.2, -0.15) is 11.8 Å². The molecule has 1 atom stereocenters. The third-order valence-corrected chi connectivity index (χ3v) is 2.51. The van der Waals surface area contributed by atoms with E-state index in [2.05, 4.69) is 0 Å². The summed E-state index contributed by atoms with van der Waals surface area (Å²) in [7, 11) is 0. The molecule has 12 heavy (non-hydrogen) atoms. The fraction of sp³-hybridized carbons (Fsp3) is 0.300. The Morgan fingerprint density at radius 1 is 1.42 bits per heavy atom. The van der Waals surface area contributed by atoms with Crippen molar-refractivity contribution in [2.24, 2.45) is 0 Å². The van der Waals surface area contributed by atoms with Crippen molar-refractivity contribution in [3.8, 4) is 0 Å². The fourth-order valence-electron chi connectivity index (χ4n) is 1.00. The van der Waals surface area contributed by atoms with Gasteiger partial charge in [-0.1, -0.05) is 30.3 Å². The van der Waals surface area contributed by atoms with Crippen LogP contribution in [0.4, 0.5) is 0 Å². The molecule has 1 aromatic rings. The van der Waals surface area contributed by atoms with Gasteiger partial charge in [-0.15, -0.1) is 0 Å². The summed E-state index contributed by atoms with van der Waals surface area (Å²) in [5, 5.41) is -0.0209. The number of carbonyl (C=O) groups excluding carboxylic acids is 1. The van der Waals surface area contributed by atoms with Gasteiger partial charge in [-0.05, 0) is 18.2 Å². The van der Waals surface area contributed by atoms with Crippen LogP contribution < -0.4 is 0 Å². The lowest BCUT2D eigenvalue weighted by Crippen LogP contribution is -2.07. The first-order chi connectivity index (χ1) is 5.86. The fourth-order valence-corrected chi connectivity index (χ4v) is 1.46. The SMILES string of the molecule is CSC([C]=O)Cc1ccccc1. The first kappa shape index (κ1) is 9.33. The highest BCUT2D eigenvalue weighted by Crippen LogP contribution is 2.11. The lowest BCUT2D eigenvalue weighted by atomic mass is 10.1. The number of thioether (sulfide) groups is 1. The van der Waals surface area contributed by atoms with Gasteiger partial charge in [-0.3, -0.25) is 4.79 Å². The minimum atomic E-state index is -0.0209. The van der Waals surface area contributed by atoms with Gasteiger partial charge >= 0.3 is 0 Å². The second-order valence-corrected chi connectivity index (χ2v) is 3.57. The highest BCUT2D eigenvalue weighted by molar-refractivity contribution is 7.99. The summed E-state index contributed by atoms with van der Waals surface area (Å²) < 4.78 is 0. The zero-order chi connectivity index (χ0) is 8.81. The lowest BCUT2D eigenvalue weighted by Gasteiger charge is -2.04. The molecular weight excluding hydrogens is 168 g/mol. The number of hydrogen-bond donors (Lipinski definition) is 0. The Kier molecular flexibility index (Phi) is 3.88. The van der Waals surface area contributed by atoms with Crippen LogP contribution in [0.25, 0.3) is 0 Å². The molecule has 0 fully saturated rings. The van der Waals surface area contributed by atoms with Gasteiger partial charge < -0.3 is 0 Å². The van der Waals surface area contributed by atoms with Crippen LogP contribution in [0, 0.1) is 0 Å². The van der Waals surface area contributed by atoms with Crippen LogP contribution >= 0.6 is 11.8 Å². The summed E-state index contributed by atoms with van der Waals surface area (Å²) in [5.41, 5.74) is 1.19. The Balaban J connectivity index is 2.56. The molecule has 0 spiro atoms. The van der Waals surface area contributed by atoms with E-state index in [1.54, 1.807) is 11.8 Å². The first-order valence-corrected chi connectivity index (χ1v) is 5.10. The Morgan fingerprint density at radius 3 is 2.58 bits per heavy atom. The molecule has 1 nitrogen and oxygen atoms in total. The van der Waals surface area contributed by atoms with Crippen molar-refractivity contribution in [3.05, 3.63) is 35.9 Å². The molecule has 0 N–H and O–H groups in total. The van der Waals surface area contributed by atoms with E-state index in [1.807, 2.05) is 42.9 Å². The molecule has 0 aromatic heterocycles. The summed E-state index contributed by atoms with van der Waals surface area (Å²) in [6.45, 7) is 0. The quantitative estimate of drug-likeness (QED) is 0.704. The summed E-state index contributed by atoms with van der Waals surface area (Å²) in [5.74, 6) is 0. The highest BCUT2D eigenvalue weighted by atomic mass is 32.2. The summed E-state index contributed by atoms with van der Waals surface area (Å²) >= 11 is 1.54. The van der Waals surface area contributed by atoms with E-state index in [1.165, 1.54) is 5.56 Å². The van der Waals surface area contributed by atoms with Crippen molar-refractivity contribution in [2.75, 3.05) is 6.26 Å². The molecule has 1 radical (unpaired) electrons. The van der Waals surface area contributed by atoms with Crippen LogP contribution in [0.1, 0.15) is 5.56 Å². The molecule has 0 aliphatic rings. The standard InChI is InChI=1S/C10H11OS/c1-12-10(8-11)7-9-5-3-2-4-6-9/h2-6,10H,7H2,1H3. The van der Waals surface area contributed by atoms with Crippen molar-refractivity contribution in [1.29, 1.82) is 0 Å². The topological polar surface area (TPSA) is 17.1 Å². The van der Waals surface area contributed by atoms with Crippen molar-refractivity contribution in [1.82, 2.24) is 0 Å². The maximum absolute atomic E-state index is 10.4. The minimum absolute atomic E-state index is 0.0209. The molecular formula is C10H11OS. The number of benzene rings is 1. The summed E-state index contributed by atoms with van der Waals surface area (Å²) in [6, 6.07) is 10.00. The van der Waals surface area contributed by atoms with E-state index >= 15 is 0 Å². The normalized spacial score (nSPS) is 12.4. The largest absolute Gasteiger partial charge is 0.290 e. The van der Waals surface area contributed by atoms with Crippen LogP contribution in [0.2, 0.25) is 0 Å². The van der Waals surface area contributed by atoms with Crippen LogP contribution in [0.3, 0.4) is 0 Å². The van der Waals surface area contributed by atoms with Crippen LogP contribution in [0.5, 0.6) is 0 Å². The van der Waals surface area contributed by atoms with Gasteiger partial charge in [0.2, 0.25) is 6.29 Å². The molecule has 1 aromatic carbocycles. The molecule has 0 bridgehead atoms. The molecule has 1 unspecified atom stereocenters. The molecule has 0 heterocycles. The second-order valence-electron chi connectivity index (χ2n) is 2.53. The first-order valence-electron chi connectivity index (χ1n) is 3.81. The molecule has 0 aliphatic heterocycles. The van der Waals surface area contributed by atoms with Gasteiger partial charge in [0.1, 0.15) is 0 Å². The van der Waals surface area contributed by atoms with E-state index in [0.29, 0.717) is 0 Å². The van der Waals surface area contributed by atoms with E-state index in [-0.39, 0.29) is 5.25 Å². The smallest absolute Gasteiger partial charge is 0.212 e. The predicted molar refractivity (Wildman–Crippen MR) is 53.1 cm³/mol. The van der Waals surface area contributed by atoms with Gasteiger partial charge in [0.25, 0.3) is 0 Å². The highest BCUT2D eigenvalue weighted by Gasteiger charge is 2.06. The van der Waals surface area contributed by atoms with E-state index in [0.717, 1.165) is 6.42 Å². The van der Waals surface area contributed by atoms with Crippen molar-refractivity contribution < 1.29 is 4.79 Å². The Morgan fingerprint density at radius 2 is 2.08 bits per heavy atom. The predicted octanol–water partition coefficient (Wildman–Crippen LogP) is 2.07. The monoisotopic (exact) mass is 179 g/mol. The van der Waals surface area contributed by atoms with Crippen LogP contribution in [-0.4, -0.2) is 17.8 Å². The molecule has 1 rings (SSSR count). The average Bonchev–Trinajstić information content (AvgIpc) is 2.16. The zero-order valence-electron chi connectivity index (χ0n) is 6.99. The van der Waals surface area contributed by atoms with Crippen molar-refractivity contribution in [3.63, 3.8) is 0 Å². The lowest BCUT2D eigenvalue weighted by molar-refractivity contribution is 0.552. The third kappa shape index (κ3) is 2.70. The van der Waals surface area contributed by atoms with Crippen LogP contribution in [-0.2, 0) is 11.2 Å². The summed E-state index contributed by atoms with van der Waals surface area (Å²) in [4.78, 5) is 10.4. The zero-order valence-corrected chi connectivity index (χ0v) is 7.80. The van der Waals surface area contributed by atoms with E-state index in [9.17, 15) is 4.79 Å². The maximum Gasteiger partial charge on any atom is 0.212 e. The Labute approximate surface area is 77.2 Å². The molecule has 0 saturated carbocycles. The maximum atomic E-state index is 10.4. The van der Waals surface area contributed by atoms with Gasteiger partial charge in [0, 0.05) is 0 Å². The Hall–Kier alpha value is -0.760. The van der Waals surface area contributed by atoms with Gasteiger partial charge in [-0.25, -0.2) is 0 Å². The third-order valence-electron chi connectivity index (χ3n) is 1.68. The molecule has 2 heteroatoms. The van der Waals surface area contributed by atoms with E-state index < -0.39 is 0 Å². The minimum Gasteiger partial charge on any atom is -0.290 e. The second kappa shape index (κ2) is 4.99. The van der Waals surface area contributed by atoms with E-state index in [4.69, 9.17) is 0 Å². The molecule has 0 amide bonds. The average molecular weight is 179 g/mol.